The number of nitrogens with one attached hydrogen (secondary N) is 1. The number of Topliss-reactive ketones (excluding diaryl/α,β-unsaturated/α-hetero) is 1. The first-order valence-electron chi connectivity index (χ1n) is 7.33. The van der Waals surface area contributed by atoms with Crippen molar-refractivity contribution < 1.29 is 9.53 Å². The number of ketones is 1. The van der Waals surface area contributed by atoms with Gasteiger partial charge in [0.05, 0.1) is 18.6 Å². The lowest BCUT2D eigenvalue weighted by molar-refractivity contribution is 0.102. The van der Waals surface area contributed by atoms with Crippen LogP contribution in [0.15, 0.2) is 35.5 Å². The number of thioether (sulfide) groups is 1. The van der Waals surface area contributed by atoms with Gasteiger partial charge in [-0.1, -0.05) is 11.8 Å². The number of hydrogen-bond acceptors (Lipinski definition) is 6. The van der Waals surface area contributed by atoms with E-state index >= 15 is 0 Å². The van der Waals surface area contributed by atoms with Crippen LogP contribution in [0.25, 0.3) is 5.69 Å². The molecule has 0 aliphatic rings. The number of carbonyl (C=O) groups is 1. The molecule has 2 aromatic heterocycles. The van der Waals surface area contributed by atoms with E-state index in [0.29, 0.717) is 10.7 Å². The summed E-state index contributed by atoms with van der Waals surface area (Å²) in [7, 11) is 1.61. The number of ether oxygens (including phenoxy) is 1. The fourth-order valence-electron chi connectivity index (χ4n) is 2.38. The molecule has 1 N–H and O–H groups in total. The Balaban J connectivity index is 1.73. The monoisotopic (exact) mass is 343 g/mol. The third-order valence-electron chi connectivity index (χ3n) is 3.54. The minimum absolute atomic E-state index is 0.0473. The zero-order valence-electron chi connectivity index (χ0n) is 13.6. The van der Waals surface area contributed by atoms with E-state index < -0.39 is 0 Å². The van der Waals surface area contributed by atoms with E-state index in [1.54, 1.807) is 11.8 Å². The lowest BCUT2D eigenvalue weighted by Gasteiger charge is -2.05. The lowest BCUT2D eigenvalue weighted by Crippen LogP contribution is -2.05. The number of H-pyrrole nitrogens is 1. The largest absolute Gasteiger partial charge is 0.497 e. The van der Waals surface area contributed by atoms with Gasteiger partial charge in [0.1, 0.15) is 5.75 Å². The molecule has 124 valence electrons. The highest BCUT2D eigenvalue weighted by Crippen LogP contribution is 2.22. The third kappa shape index (κ3) is 3.33. The highest BCUT2D eigenvalue weighted by atomic mass is 32.2. The van der Waals surface area contributed by atoms with Crippen molar-refractivity contribution >= 4 is 17.5 Å². The summed E-state index contributed by atoms with van der Waals surface area (Å²) in [5.41, 5.74) is 3.38. The van der Waals surface area contributed by atoms with E-state index in [1.807, 2.05) is 44.2 Å². The Bertz CT molecular complexity index is 854. The fourth-order valence-corrected chi connectivity index (χ4v) is 3.15. The summed E-state index contributed by atoms with van der Waals surface area (Å²) in [6.07, 6.45) is 0. The molecule has 0 amide bonds. The van der Waals surface area contributed by atoms with Crippen LogP contribution in [0.5, 0.6) is 5.75 Å². The van der Waals surface area contributed by atoms with Crippen molar-refractivity contribution in [1.29, 1.82) is 0 Å². The van der Waals surface area contributed by atoms with E-state index in [9.17, 15) is 4.79 Å². The first kappa shape index (κ1) is 16.3. The molecule has 0 aliphatic heterocycles. The number of aryl methyl sites for hydroxylation is 2. The van der Waals surface area contributed by atoms with Gasteiger partial charge in [-0.15, -0.1) is 5.10 Å². The molecular weight excluding hydrogens is 326 g/mol. The SMILES string of the molecule is COc1ccc(-n2nnnc2SCC(=O)c2cc(C)[nH]c2C)cc1. The third-order valence-corrected chi connectivity index (χ3v) is 4.46. The summed E-state index contributed by atoms with van der Waals surface area (Å²) in [6, 6.07) is 9.26. The van der Waals surface area contributed by atoms with Crippen molar-refractivity contribution in [3.8, 4) is 11.4 Å². The number of benzene rings is 1. The van der Waals surface area contributed by atoms with Crippen LogP contribution < -0.4 is 4.74 Å². The molecule has 3 aromatic rings. The number of carbonyl (C=O) groups excluding carboxylic acids is 1. The van der Waals surface area contributed by atoms with E-state index in [1.165, 1.54) is 11.8 Å². The lowest BCUT2D eigenvalue weighted by atomic mass is 10.2. The van der Waals surface area contributed by atoms with Crippen LogP contribution >= 0.6 is 11.8 Å². The quantitative estimate of drug-likeness (QED) is 0.547. The first-order valence-corrected chi connectivity index (χ1v) is 8.32. The number of aromatic nitrogens is 5. The highest BCUT2D eigenvalue weighted by Gasteiger charge is 2.15. The molecule has 1 aromatic carbocycles. The van der Waals surface area contributed by atoms with Crippen LogP contribution in [-0.4, -0.2) is 43.8 Å². The normalized spacial score (nSPS) is 10.8. The molecule has 0 saturated carbocycles. The predicted molar refractivity (Wildman–Crippen MR) is 91.0 cm³/mol. The van der Waals surface area contributed by atoms with Gasteiger partial charge in [0, 0.05) is 17.0 Å². The van der Waals surface area contributed by atoms with Crippen LogP contribution in [0, 0.1) is 13.8 Å². The van der Waals surface area contributed by atoms with Crippen LogP contribution in [-0.2, 0) is 0 Å². The Kier molecular flexibility index (Phi) is 4.66. The van der Waals surface area contributed by atoms with Gasteiger partial charge in [0.15, 0.2) is 5.78 Å². The standard InChI is InChI=1S/C16H17N5O2S/c1-10-8-14(11(2)17-10)15(22)9-24-16-18-19-20-21(16)12-4-6-13(23-3)7-5-12/h4-8,17H,9H2,1-3H3. The van der Waals surface area contributed by atoms with Gasteiger partial charge >= 0.3 is 0 Å². The van der Waals surface area contributed by atoms with Gasteiger partial charge in [-0.05, 0) is 54.6 Å². The van der Waals surface area contributed by atoms with Gasteiger partial charge in [0.25, 0.3) is 0 Å². The van der Waals surface area contributed by atoms with E-state index in [-0.39, 0.29) is 11.5 Å². The molecule has 24 heavy (non-hydrogen) atoms. The van der Waals surface area contributed by atoms with Crippen molar-refractivity contribution in [2.75, 3.05) is 12.9 Å². The average Bonchev–Trinajstić information content (AvgIpc) is 3.18. The molecule has 0 aliphatic carbocycles. The van der Waals surface area contributed by atoms with Gasteiger partial charge in [-0.2, -0.15) is 4.68 Å². The molecule has 0 spiro atoms. The van der Waals surface area contributed by atoms with Crippen LogP contribution in [0.1, 0.15) is 21.7 Å². The topological polar surface area (TPSA) is 85.7 Å². The van der Waals surface area contributed by atoms with E-state index in [0.717, 1.165) is 22.8 Å². The second-order valence-corrected chi connectivity index (χ2v) is 6.22. The maximum Gasteiger partial charge on any atom is 0.214 e. The van der Waals surface area contributed by atoms with Gasteiger partial charge in [-0.3, -0.25) is 4.79 Å². The summed E-state index contributed by atoms with van der Waals surface area (Å²) in [5, 5.41) is 12.3. The number of hydrogen-bond donors (Lipinski definition) is 1. The highest BCUT2D eigenvalue weighted by molar-refractivity contribution is 7.99. The minimum atomic E-state index is 0.0473. The molecule has 0 saturated heterocycles. The van der Waals surface area contributed by atoms with E-state index in [2.05, 4.69) is 20.5 Å². The molecule has 8 heteroatoms. The van der Waals surface area contributed by atoms with Crippen LogP contribution in [0.4, 0.5) is 0 Å². The molecule has 0 bridgehead atoms. The molecule has 0 unspecified atom stereocenters. The van der Waals surface area contributed by atoms with Gasteiger partial charge in [0.2, 0.25) is 5.16 Å². The fraction of sp³-hybridized carbons (Fsp3) is 0.250. The molecule has 0 fully saturated rings. The zero-order valence-corrected chi connectivity index (χ0v) is 14.4. The molecule has 2 heterocycles. The molecule has 7 nitrogen and oxygen atoms in total. The number of methoxy groups -OCH3 is 1. The van der Waals surface area contributed by atoms with Crippen LogP contribution in [0.3, 0.4) is 0 Å². The smallest absolute Gasteiger partial charge is 0.214 e. The molecule has 0 atom stereocenters. The molecule has 0 radical (unpaired) electrons. The Labute approximate surface area is 143 Å². The van der Waals surface area contributed by atoms with E-state index in [4.69, 9.17) is 4.74 Å². The van der Waals surface area contributed by atoms with Crippen molar-refractivity contribution in [2.45, 2.75) is 19.0 Å². The van der Waals surface area contributed by atoms with Crippen molar-refractivity contribution in [2.24, 2.45) is 0 Å². The zero-order chi connectivity index (χ0) is 17.1. The number of nitrogens with zero attached hydrogens (tertiary/aromatic N) is 4. The summed E-state index contributed by atoms with van der Waals surface area (Å²) in [6.45, 7) is 3.83. The van der Waals surface area contributed by atoms with Gasteiger partial charge in [-0.25, -0.2) is 0 Å². The summed E-state index contributed by atoms with van der Waals surface area (Å²) < 4.78 is 6.75. The summed E-state index contributed by atoms with van der Waals surface area (Å²) in [4.78, 5) is 15.5. The summed E-state index contributed by atoms with van der Waals surface area (Å²) >= 11 is 1.31. The Morgan fingerprint density at radius 1 is 1.29 bits per heavy atom. The molecular formula is C16H17N5O2S. The Morgan fingerprint density at radius 2 is 2.04 bits per heavy atom. The van der Waals surface area contributed by atoms with Crippen molar-refractivity contribution in [3.05, 3.63) is 47.3 Å². The van der Waals surface area contributed by atoms with Crippen LogP contribution in [0.2, 0.25) is 0 Å². The second-order valence-electron chi connectivity index (χ2n) is 5.27. The van der Waals surface area contributed by atoms with Gasteiger partial charge < -0.3 is 9.72 Å². The summed E-state index contributed by atoms with van der Waals surface area (Å²) in [5.74, 6) is 1.08. The Morgan fingerprint density at radius 3 is 2.67 bits per heavy atom. The maximum absolute atomic E-state index is 12.4. The minimum Gasteiger partial charge on any atom is -0.497 e. The number of tetrazole rings is 1. The molecule has 3 rings (SSSR count). The maximum atomic E-state index is 12.4. The number of aromatic amines is 1. The van der Waals surface area contributed by atoms with Crippen molar-refractivity contribution in [3.63, 3.8) is 0 Å². The average molecular weight is 343 g/mol. The number of rotatable bonds is 6. The Hall–Kier alpha value is -2.61. The predicted octanol–water partition coefficient (Wildman–Crippen LogP) is 2.59. The first-order chi connectivity index (χ1) is 11.6. The second kappa shape index (κ2) is 6.88. The van der Waals surface area contributed by atoms with Crippen molar-refractivity contribution in [1.82, 2.24) is 25.2 Å².